The number of aryl methyl sites for hydroxylation is 3. The molecule has 0 aliphatic heterocycles. The standard InChI is InChI=1S/C21H25NO4/c1-14-11-16(12-15(2)20(14)26-4)13-22(3)19(23)10-9-17-7-5-6-8-18(17)21(24)25/h5-8,11-12H,9-10,13H2,1-4H3,(H,24,25). The van der Waals surface area contributed by atoms with Gasteiger partial charge in [-0.25, -0.2) is 4.79 Å². The molecule has 0 heterocycles. The molecule has 0 saturated heterocycles. The third kappa shape index (κ3) is 4.63. The minimum atomic E-state index is -0.967. The number of amides is 1. The van der Waals surface area contributed by atoms with Gasteiger partial charge in [0.1, 0.15) is 5.75 Å². The molecule has 0 aliphatic carbocycles. The lowest BCUT2D eigenvalue weighted by Crippen LogP contribution is -2.26. The summed E-state index contributed by atoms with van der Waals surface area (Å²) in [7, 11) is 3.42. The first-order chi connectivity index (χ1) is 12.3. The Morgan fingerprint density at radius 2 is 1.73 bits per heavy atom. The van der Waals surface area contributed by atoms with Gasteiger partial charge in [0.15, 0.2) is 0 Å². The second kappa shape index (κ2) is 8.52. The average molecular weight is 355 g/mol. The molecule has 5 nitrogen and oxygen atoms in total. The van der Waals surface area contributed by atoms with Gasteiger partial charge < -0.3 is 14.7 Å². The highest BCUT2D eigenvalue weighted by Crippen LogP contribution is 2.25. The van der Waals surface area contributed by atoms with Crippen LogP contribution in [0.15, 0.2) is 36.4 Å². The normalized spacial score (nSPS) is 10.5. The fourth-order valence-corrected chi connectivity index (χ4v) is 3.19. The van der Waals surface area contributed by atoms with E-state index in [2.05, 4.69) is 0 Å². The van der Waals surface area contributed by atoms with Gasteiger partial charge in [-0.05, 0) is 48.6 Å². The van der Waals surface area contributed by atoms with Gasteiger partial charge in [0, 0.05) is 20.0 Å². The van der Waals surface area contributed by atoms with Crippen molar-refractivity contribution in [2.24, 2.45) is 0 Å². The number of methoxy groups -OCH3 is 1. The third-order valence-corrected chi connectivity index (χ3v) is 4.43. The van der Waals surface area contributed by atoms with E-state index in [4.69, 9.17) is 4.74 Å². The Balaban J connectivity index is 2.02. The van der Waals surface area contributed by atoms with Crippen molar-refractivity contribution in [2.45, 2.75) is 33.2 Å². The second-order valence-corrected chi connectivity index (χ2v) is 6.47. The van der Waals surface area contributed by atoms with Gasteiger partial charge in [-0.3, -0.25) is 4.79 Å². The number of nitrogens with zero attached hydrogens (tertiary/aromatic N) is 1. The van der Waals surface area contributed by atoms with Crippen molar-refractivity contribution in [2.75, 3.05) is 14.2 Å². The van der Waals surface area contributed by atoms with Crippen molar-refractivity contribution >= 4 is 11.9 Å². The molecule has 0 fully saturated rings. The van der Waals surface area contributed by atoms with Crippen molar-refractivity contribution in [1.29, 1.82) is 0 Å². The number of rotatable bonds is 7. The zero-order chi connectivity index (χ0) is 19.3. The molecule has 0 aliphatic rings. The molecule has 0 radical (unpaired) electrons. The maximum absolute atomic E-state index is 12.4. The molecule has 0 saturated carbocycles. The van der Waals surface area contributed by atoms with E-state index in [0.29, 0.717) is 18.5 Å². The monoisotopic (exact) mass is 355 g/mol. The summed E-state index contributed by atoms with van der Waals surface area (Å²) in [5.74, 6) is -0.116. The summed E-state index contributed by atoms with van der Waals surface area (Å²) in [6.07, 6.45) is 0.682. The Labute approximate surface area is 154 Å². The molecule has 0 atom stereocenters. The zero-order valence-corrected chi connectivity index (χ0v) is 15.7. The van der Waals surface area contributed by atoms with Crippen LogP contribution in [-0.4, -0.2) is 36.0 Å². The molecule has 2 aromatic carbocycles. The van der Waals surface area contributed by atoms with Crippen molar-refractivity contribution in [3.8, 4) is 5.75 Å². The van der Waals surface area contributed by atoms with E-state index in [0.717, 1.165) is 22.4 Å². The van der Waals surface area contributed by atoms with Gasteiger partial charge in [0.25, 0.3) is 0 Å². The predicted molar refractivity (Wildman–Crippen MR) is 101 cm³/mol. The first-order valence-electron chi connectivity index (χ1n) is 8.52. The van der Waals surface area contributed by atoms with E-state index in [1.165, 1.54) is 0 Å². The molecule has 0 unspecified atom stereocenters. The van der Waals surface area contributed by atoms with Crippen LogP contribution in [0.2, 0.25) is 0 Å². The highest BCUT2D eigenvalue weighted by Gasteiger charge is 2.14. The van der Waals surface area contributed by atoms with E-state index in [-0.39, 0.29) is 17.9 Å². The smallest absolute Gasteiger partial charge is 0.335 e. The number of hydrogen-bond donors (Lipinski definition) is 1. The van der Waals surface area contributed by atoms with Gasteiger partial charge in [0.05, 0.1) is 12.7 Å². The summed E-state index contributed by atoms with van der Waals surface area (Å²) >= 11 is 0. The lowest BCUT2D eigenvalue weighted by atomic mass is 10.0. The molecule has 26 heavy (non-hydrogen) atoms. The van der Waals surface area contributed by atoms with Gasteiger partial charge in [-0.2, -0.15) is 0 Å². The lowest BCUT2D eigenvalue weighted by Gasteiger charge is -2.19. The van der Waals surface area contributed by atoms with Crippen LogP contribution in [0.3, 0.4) is 0 Å². The molecule has 0 bridgehead atoms. The summed E-state index contributed by atoms with van der Waals surface area (Å²) in [6, 6.07) is 10.8. The van der Waals surface area contributed by atoms with Crippen LogP contribution in [0.25, 0.3) is 0 Å². The molecular formula is C21H25NO4. The van der Waals surface area contributed by atoms with Gasteiger partial charge in [-0.15, -0.1) is 0 Å². The predicted octanol–water partition coefficient (Wildman–Crippen LogP) is 3.60. The molecular weight excluding hydrogens is 330 g/mol. The van der Waals surface area contributed by atoms with Crippen LogP contribution in [-0.2, 0) is 17.8 Å². The van der Waals surface area contributed by atoms with Crippen LogP contribution in [0, 0.1) is 13.8 Å². The van der Waals surface area contributed by atoms with Gasteiger partial charge in [0.2, 0.25) is 5.91 Å². The Morgan fingerprint density at radius 3 is 2.31 bits per heavy atom. The number of ether oxygens (including phenoxy) is 1. The number of benzene rings is 2. The summed E-state index contributed by atoms with van der Waals surface area (Å²) in [4.78, 5) is 25.4. The molecule has 2 aromatic rings. The maximum atomic E-state index is 12.4. The highest BCUT2D eigenvalue weighted by atomic mass is 16.5. The highest BCUT2D eigenvalue weighted by molar-refractivity contribution is 5.89. The average Bonchev–Trinajstić information content (AvgIpc) is 2.59. The second-order valence-electron chi connectivity index (χ2n) is 6.47. The zero-order valence-electron chi connectivity index (χ0n) is 15.7. The minimum Gasteiger partial charge on any atom is -0.496 e. The van der Waals surface area contributed by atoms with Crippen molar-refractivity contribution < 1.29 is 19.4 Å². The van der Waals surface area contributed by atoms with Crippen LogP contribution >= 0.6 is 0 Å². The first kappa shape index (κ1) is 19.5. The van der Waals surface area contributed by atoms with Crippen LogP contribution in [0.4, 0.5) is 0 Å². The van der Waals surface area contributed by atoms with Gasteiger partial charge in [-0.1, -0.05) is 30.3 Å². The number of hydrogen-bond acceptors (Lipinski definition) is 3. The maximum Gasteiger partial charge on any atom is 0.335 e. The Hall–Kier alpha value is -2.82. The van der Waals surface area contributed by atoms with Crippen molar-refractivity contribution in [1.82, 2.24) is 4.90 Å². The van der Waals surface area contributed by atoms with Gasteiger partial charge >= 0.3 is 5.97 Å². The number of carbonyl (C=O) groups excluding carboxylic acids is 1. The lowest BCUT2D eigenvalue weighted by molar-refractivity contribution is -0.130. The van der Waals surface area contributed by atoms with E-state index < -0.39 is 5.97 Å². The number of carboxylic acids is 1. The molecule has 0 aromatic heterocycles. The molecule has 1 amide bonds. The Bertz CT molecular complexity index is 790. The topological polar surface area (TPSA) is 66.8 Å². The molecule has 138 valence electrons. The molecule has 5 heteroatoms. The third-order valence-electron chi connectivity index (χ3n) is 4.43. The summed E-state index contributed by atoms with van der Waals surface area (Å²) in [6.45, 7) is 4.48. The fraction of sp³-hybridized carbons (Fsp3) is 0.333. The number of carbonyl (C=O) groups is 2. The SMILES string of the molecule is COc1c(C)cc(CN(C)C(=O)CCc2ccccc2C(=O)O)cc1C. The number of aromatic carboxylic acids is 1. The number of carboxylic acid groups (broad SMARTS) is 1. The minimum absolute atomic E-state index is 0.0173. The van der Waals surface area contributed by atoms with Crippen molar-refractivity contribution in [3.63, 3.8) is 0 Å². The van der Waals surface area contributed by atoms with Crippen LogP contribution < -0.4 is 4.74 Å². The van der Waals surface area contributed by atoms with E-state index in [9.17, 15) is 14.7 Å². The quantitative estimate of drug-likeness (QED) is 0.824. The Kier molecular flexibility index (Phi) is 6.39. The van der Waals surface area contributed by atoms with E-state index in [1.807, 2.05) is 26.0 Å². The van der Waals surface area contributed by atoms with Crippen LogP contribution in [0.5, 0.6) is 5.75 Å². The largest absolute Gasteiger partial charge is 0.496 e. The Morgan fingerprint density at radius 1 is 1.12 bits per heavy atom. The van der Waals surface area contributed by atoms with E-state index >= 15 is 0 Å². The summed E-state index contributed by atoms with van der Waals surface area (Å²) < 4.78 is 5.37. The fourth-order valence-electron chi connectivity index (χ4n) is 3.19. The summed E-state index contributed by atoms with van der Waals surface area (Å²) in [5.41, 5.74) is 4.06. The van der Waals surface area contributed by atoms with Crippen molar-refractivity contribution in [3.05, 3.63) is 64.2 Å². The summed E-state index contributed by atoms with van der Waals surface area (Å²) in [5, 5.41) is 9.22. The van der Waals surface area contributed by atoms with E-state index in [1.54, 1.807) is 43.3 Å². The molecule has 1 N–H and O–H groups in total. The first-order valence-corrected chi connectivity index (χ1v) is 8.52. The van der Waals surface area contributed by atoms with Crippen LogP contribution in [0.1, 0.15) is 39.0 Å². The molecule has 0 spiro atoms. The molecule has 2 rings (SSSR count).